The summed E-state index contributed by atoms with van der Waals surface area (Å²) in [5.74, 6) is -1.42. The number of hydrogen-bond donors (Lipinski definition) is 3. The molecule has 0 spiro atoms. The number of fused-ring (bicyclic) bond motifs is 1. The summed E-state index contributed by atoms with van der Waals surface area (Å²) in [4.78, 5) is 34.1. The summed E-state index contributed by atoms with van der Waals surface area (Å²) in [5.41, 5.74) is 1.07. The molecule has 2 amide bonds. The second-order valence-corrected chi connectivity index (χ2v) is 5.51. The molecule has 1 heterocycles. The highest BCUT2D eigenvalue weighted by molar-refractivity contribution is 6.01. The number of aliphatic carboxylic acids is 1. The van der Waals surface area contributed by atoms with Crippen molar-refractivity contribution in [2.45, 2.75) is 32.2 Å². The fourth-order valence-corrected chi connectivity index (χ4v) is 2.17. The molecule has 0 aromatic heterocycles. The van der Waals surface area contributed by atoms with Crippen LogP contribution in [0.5, 0.6) is 0 Å². The van der Waals surface area contributed by atoms with E-state index < -0.39 is 11.5 Å². The summed E-state index contributed by atoms with van der Waals surface area (Å²) in [6.07, 6.45) is 0.0959. The highest BCUT2D eigenvalue weighted by Gasteiger charge is 2.25. The van der Waals surface area contributed by atoms with Gasteiger partial charge in [0, 0.05) is 16.8 Å². The van der Waals surface area contributed by atoms with E-state index in [9.17, 15) is 14.4 Å². The fraction of sp³-hybridized carbons (Fsp3) is 0.357. The molecule has 0 saturated heterocycles. The molecule has 0 radical (unpaired) electrons. The molecule has 6 nitrogen and oxygen atoms in total. The topological polar surface area (TPSA) is 95.5 Å². The van der Waals surface area contributed by atoms with Gasteiger partial charge in [0.2, 0.25) is 5.91 Å². The summed E-state index contributed by atoms with van der Waals surface area (Å²) in [5, 5.41) is 14.2. The van der Waals surface area contributed by atoms with Crippen molar-refractivity contribution in [1.29, 1.82) is 0 Å². The monoisotopic (exact) mass is 276 g/mol. The van der Waals surface area contributed by atoms with E-state index >= 15 is 0 Å². The maximum Gasteiger partial charge on any atom is 0.305 e. The minimum atomic E-state index is -0.973. The van der Waals surface area contributed by atoms with E-state index in [1.807, 2.05) is 0 Å². The zero-order chi connectivity index (χ0) is 14.9. The SMILES string of the molecule is CC(C)(CC(=O)O)NC(=O)c1ccc2c(c1)CC(=O)N2. The first-order valence-electron chi connectivity index (χ1n) is 6.24. The fourth-order valence-electron chi connectivity index (χ4n) is 2.17. The number of rotatable bonds is 4. The van der Waals surface area contributed by atoms with Gasteiger partial charge in [0.1, 0.15) is 0 Å². The third-order valence-electron chi connectivity index (χ3n) is 3.04. The third kappa shape index (κ3) is 3.14. The largest absolute Gasteiger partial charge is 0.481 e. The van der Waals surface area contributed by atoms with Gasteiger partial charge in [-0.2, -0.15) is 0 Å². The predicted octanol–water partition coefficient (Wildman–Crippen LogP) is 1.16. The zero-order valence-corrected chi connectivity index (χ0v) is 11.3. The van der Waals surface area contributed by atoms with Crippen molar-refractivity contribution in [3.05, 3.63) is 29.3 Å². The van der Waals surface area contributed by atoms with Gasteiger partial charge in [-0.05, 0) is 37.6 Å². The molecule has 20 heavy (non-hydrogen) atoms. The number of carboxylic acid groups (broad SMARTS) is 1. The minimum Gasteiger partial charge on any atom is -0.481 e. The molecule has 0 unspecified atom stereocenters. The molecule has 6 heteroatoms. The van der Waals surface area contributed by atoms with Crippen LogP contribution in [0, 0.1) is 0 Å². The van der Waals surface area contributed by atoms with E-state index in [4.69, 9.17) is 5.11 Å². The van der Waals surface area contributed by atoms with Gasteiger partial charge in [-0.3, -0.25) is 14.4 Å². The Kier molecular flexibility index (Phi) is 3.48. The first-order valence-corrected chi connectivity index (χ1v) is 6.24. The number of carbonyl (C=O) groups excluding carboxylic acids is 2. The minimum absolute atomic E-state index is 0.0937. The zero-order valence-electron chi connectivity index (χ0n) is 11.3. The Labute approximate surface area is 116 Å². The Morgan fingerprint density at radius 2 is 2.10 bits per heavy atom. The summed E-state index contributed by atoms with van der Waals surface area (Å²) < 4.78 is 0. The van der Waals surface area contributed by atoms with Crippen molar-refractivity contribution in [2.75, 3.05) is 5.32 Å². The van der Waals surface area contributed by atoms with Crippen molar-refractivity contribution in [2.24, 2.45) is 0 Å². The first-order chi connectivity index (χ1) is 9.27. The Morgan fingerprint density at radius 3 is 2.75 bits per heavy atom. The Morgan fingerprint density at radius 1 is 1.40 bits per heavy atom. The van der Waals surface area contributed by atoms with Gasteiger partial charge in [0.25, 0.3) is 5.91 Å². The molecule has 0 fully saturated rings. The average Bonchev–Trinajstić information content (AvgIpc) is 2.64. The van der Waals surface area contributed by atoms with E-state index in [-0.39, 0.29) is 24.7 Å². The van der Waals surface area contributed by atoms with Crippen molar-refractivity contribution >= 4 is 23.5 Å². The Hall–Kier alpha value is -2.37. The van der Waals surface area contributed by atoms with Gasteiger partial charge < -0.3 is 15.7 Å². The van der Waals surface area contributed by atoms with Crippen LogP contribution in [0.25, 0.3) is 0 Å². The van der Waals surface area contributed by atoms with Gasteiger partial charge in [-0.15, -0.1) is 0 Å². The lowest BCUT2D eigenvalue weighted by Crippen LogP contribution is -2.44. The van der Waals surface area contributed by atoms with Crippen LogP contribution in [0.15, 0.2) is 18.2 Å². The summed E-state index contributed by atoms with van der Waals surface area (Å²) in [6, 6.07) is 4.94. The van der Waals surface area contributed by atoms with Crippen LogP contribution in [0.3, 0.4) is 0 Å². The smallest absolute Gasteiger partial charge is 0.305 e. The van der Waals surface area contributed by atoms with Crippen molar-refractivity contribution in [3.63, 3.8) is 0 Å². The molecule has 0 bridgehead atoms. The maximum absolute atomic E-state index is 12.1. The second-order valence-electron chi connectivity index (χ2n) is 5.51. The number of amides is 2. The maximum atomic E-state index is 12.1. The summed E-state index contributed by atoms with van der Waals surface area (Å²) in [6.45, 7) is 3.30. The van der Waals surface area contributed by atoms with Gasteiger partial charge in [-0.25, -0.2) is 0 Å². The molecular formula is C14H16N2O4. The molecule has 1 aromatic carbocycles. The lowest BCUT2D eigenvalue weighted by Gasteiger charge is -2.24. The second kappa shape index (κ2) is 4.96. The van der Waals surface area contributed by atoms with Crippen LogP contribution in [0.1, 0.15) is 36.2 Å². The van der Waals surface area contributed by atoms with E-state index in [2.05, 4.69) is 10.6 Å². The van der Waals surface area contributed by atoms with E-state index in [1.54, 1.807) is 32.0 Å². The number of carbonyl (C=O) groups is 3. The Balaban J connectivity index is 2.13. The number of anilines is 1. The number of carboxylic acids is 1. The van der Waals surface area contributed by atoms with Gasteiger partial charge in [0.05, 0.1) is 12.8 Å². The van der Waals surface area contributed by atoms with Gasteiger partial charge >= 0.3 is 5.97 Å². The lowest BCUT2D eigenvalue weighted by atomic mass is 9.99. The van der Waals surface area contributed by atoms with Crippen LogP contribution in [-0.4, -0.2) is 28.4 Å². The van der Waals surface area contributed by atoms with Crippen LogP contribution < -0.4 is 10.6 Å². The van der Waals surface area contributed by atoms with Crippen molar-refractivity contribution in [1.82, 2.24) is 5.32 Å². The summed E-state index contributed by atoms with van der Waals surface area (Å²) >= 11 is 0. The first kappa shape index (κ1) is 14.0. The predicted molar refractivity (Wildman–Crippen MR) is 72.6 cm³/mol. The molecule has 1 aliphatic heterocycles. The molecule has 0 atom stereocenters. The standard InChI is InChI=1S/C14H16N2O4/c1-14(2,7-12(18)19)16-13(20)8-3-4-10-9(5-8)6-11(17)15-10/h3-5H,6-7H2,1-2H3,(H,15,17)(H,16,20)(H,18,19). The van der Waals surface area contributed by atoms with Crippen molar-refractivity contribution in [3.8, 4) is 0 Å². The molecule has 3 N–H and O–H groups in total. The van der Waals surface area contributed by atoms with Gasteiger partial charge in [-0.1, -0.05) is 0 Å². The molecule has 106 valence electrons. The van der Waals surface area contributed by atoms with Crippen LogP contribution in [0.2, 0.25) is 0 Å². The number of hydrogen-bond acceptors (Lipinski definition) is 3. The van der Waals surface area contributed by atoms with Crippen molar-refractivity contribution < 1.29 is 19.5 Å². The quantitative estimate of drug-likeness (QED) is 0.769. The third-order valence-corrected chi connectivity index (χ3v) is 3.04. The molecule has 0 saturated carbocycles. The lowest BCUT2D eigenvalue weighted by molar-refractivity contribution is -0.138. The highest BCUT2D eigenvalue weighted by atomic mass is 16.4. The highest BCUT2D eigenvalue weighted by Crippen LogP contribution is 2.24. The summed E-state index contributed by atoms with van der Waals surface area (Å²) in [7, 11) is 0. The van der Waals surface area contributed by atoms with E-state index in [0.717, 1.165) is 11.3 Å². The molecule has 1 aromatic rings. The van der Waals surface area contributed by atoms with E-state index in [0.29, 0.717) is 5.56 Å². The number of benzene rings is 1. The van der Waals surface area contributed by atoms with Crippen LogP contribution in [-0.2, 0) is 16.0 Å². The molecular weight excluding hydrogens is 260 g/mol. The molecule has 1 aliphatic rings. The number of nitrogens with one attached hydrogen (secondary N) is 2. The molecule has 2 rings (SSSR count). The van der Waals surface area contributed by atoms with Gasteiger partial charge in [0.15, 0.2) is 0 Å². The Bertz CT molecular complexity index is 593. The van der Waals surface area contributed by atoms with Crippen LogP contribution >= 0.6 is 0 Å². The molecule has 0 aliphatic carbocycles. The normalized spacial score (nSPS) is 13.6. The van der Waals surface area contributed by atoms with E-state index in [1.165, 1.54) is 0 Å². The van der Waals surface area contributed by atoms with Crippen LogP contribution in [0.4, 0.5) is 5.69 Å². The average molecular weight is 276 g/mol.